The second kappa shape index (κ2) is 9.42. The van der Waals surface area contributed by atoms with Gasteiger partial charge >= 0.3 is 5.97 Å². The molecule has 0 fully saturated rings. The van der Waals surface area contributed by atoms with Crippen molar-refractivity contribution in [2.75, 3.05) is 11.9 Å². The van der Waals surface area contributed by atoms with Crippen molar-refractivity contribution in [3.05, 3.63) is 58.6 Å². The number of hydrogen-bond acceptors (Lipinski definition) is 4. The number of anilines is 1. The summed E-state index contributed by atoms with van der Waals surface area (Å²) in [5.41, 5.74) is 2.75. The molecule has 0 unspecified atom stereocenters. The Morgan fingerprint density at radius 3 is 2.37 bits per heavy atom. The molecule has 144 valence electrons. The molecule has 0 aromatic heterocycles. The summed E-state index contributed by atoms with van der Waals surface area (Å²) in [5.74, 6) is -0.256. The number of nitrogens with one attached hydrogen (secondary N) is 1. The van der Waals surface area contributed by atoms with Gasteiger partial charge in [0.25, 0.3) is 5.91 Å². The average Bonchev–Trinajstić information content (AvgIpc) is 2.62. The van der Waals surface area contributed by atoms with Gasteiger partial charge in [0.1, 0.15) is 5.75 Å². The molecule has 0 aliphatic rings. The van der Waals surface area contributed by atoms with Gasteiger partial charge in [-0.15, -0.1) is 0 Å². The van der Waals surface area contributed by atoms with Crippen molar-refractivity contribution < 1.29 is 19.1 Å². The lowest BCUT2D eigenvalue weighted by molar-refractivity contribution is -0.155. The van der Waals surface area contributed by atoms with E-state index in [0.29, 0.717) is 10.8 Å². The predicted molar refractivity (Wildman–Crippen MR) is 106 cm³/mol. The molecule has 1 amide bonds. The van der Waals surface area contributed by atoms with Crippen LogP contribution in [0.5, 0.6) is 5.75 Å². The Hall–Kier alpha value is -2.53. The Morgan fingerprint density at radius 1 is 1.07 bits per heavy atom. The van der Waals surface area contributed by atoms with E-state index in [1.165, 1.54) is 6.92 Å². The number of amides is 1. The number of halogens is 1. The molecule has 0 aliphatic carbocycles. The van der Waals surface area contributed by atoms with E-state index in [0.717, 1.165) is 16.8 Å². The zero-order chi connectivity index (χ0) is 20.0. The Bertz CT molecular complexity index is 802. The summed E-state index contributed by atoms with van der Waals surface area (Å²) < 4.78 is 10.5. The summed E-state index contributed by atoms with van der Waals surface area (Å²) in [6.45, 7) is 7.28. The molecule has 6 heteroatoms. The highest BCUT2D eigenvalue weighted by atomic mass is 35.5. The molecule has 0 radical (unpaired) electrons. The molecule has 0 spiro atoms. The lowest BCUT2D eigenvalue weighted by Crippen LogP contribution is -2.32. The molecule has 0 saturated carbocycles. The van der Waals surface area contributed by atoms with Gasteiger partial charge in [0.05, 0.1) is 0 Å². The molecule has 0 aliphatic heterocycles. The highest BCUT2D eigenvalue weighted by Crippen LogP contribution is 2.27. The summed E-state index contributed by atoms with van der Waals surface area (Å²) in [4.78, 5) is 24.4. The predicted octanol–water partition coefficient (Wildman–Crippen LogP) is 4.72. The summed E-state index contributed by atoms with van der Waals surface area (Å²) in [5, 5.41) is 3.45. The largest absolute Gasteiger partial charge is 0.482 e. The normalized spacial score (nSPS) is 11.8. The van der Waals surface area contributed by atoms with Crippen LogP contribution in [-0.2, 0) is 14.3 Å². The van der Waals surface area contributed by atoms with Gasteiger partial charge in [-0.3, -0.25) is 4.79 Å². The molecule has 2 aromatic carbocycles. The highest BCUT2D eigenvalue weighted by molar-refractivity contribution is 6.30. The van der Waals surface area contributed by atoms with Crippen molar-refractivity contribution in [2.45, 2.75) is 39.7 Å². The van der Waals surface area contributed by atoms with Crippen LogP contribution < -0.4 is 10.1 Å². The van der Waals surface area contributed by atoms with Gasteiger partial charge in [-0.1, -0.05) is 43.6 Å². The van der Waals surface area contributed by atoms with Crippen molar-refractivity contribution in [2.24, 2.45) is 0 Å². The van der Waals surface area contributed by atoms with E-state index in [9.17, 15) is 9.59 Å². The smallest absolute Gasteiger partial charge is 0.344 e. The fraction of sp³-hybridized carbons (Fsp3) is 0.333. The zero-order valence-corrected chi connectivity index (χ0v) is 16.7. The quantitative estimate of drug-likeness (QED) is 0.696. The van der Waals surface area contributed by atoms with Crippen molar-refractivity contribution in [3.8, 4) is 5.75 Å². The SMILES string of the molecule is Cc1cccc(C(C)C)c1NC(=O)[C@H](C)OC(=O)COc1ccc(Cl)cc1. The van der Waals surface area contributed by atoms with Crippen LogP contribution in [0.25, 0.3) is 0 Å². The average molecular weight is 390 g/mol. The van der Waals surface area contributed by atoms with Gasteiger partial charge in [-0.05, 0) is 55.2 Å². The van der Waals surface area contributed by atoms with Gasteiger partial charge in [0.2, 0.25) is 0 Å². The van der Waals surface area contributed by atoms with Crippen molar-refractivity contribution >= 4 is 29.2 Å². The lowest BCUT2D eigenvalue weighted by Gasteiger charge is -2.19. The minimum atomic E-state index is -0.939. The number of hydrogen-bond donors (Lipinski definition) is 1. The van der Waals surface area contributed by atoms with E-state index >= 15 is 0 Å². The fourth-order valence-corrected chi connectivity index (χ4v) is 2.65. The van der Waals surface area contributed by atoms with Crippen molar-refractivity contribution in [1.82, 2.24) is 0 Å². The Morgan fingerprint density at radius 2 is 1.74 bits per heavy atom. The first kappa shape index (κ1) is 20.8. The Balaban J connectivity index is 1.92. The number of carbonyl (C=O) groups is 2. The standard InChI is InChI=1S/C21H24ClNO4/c1-13(2)18-7-5-6-14(3)20(18)23-21(25)15(4)27-19(24)12-26-17-10-8-16(22)9-11-17/h5-11,13,15H,12H2,1-4H3,(H,23,25)/t15-/m0/s1. The molecule has 0 bridgehead atoms. The number of carbonyl (C=O) groups excluding carboxylic acids is 2. The van der Waals surface area contributed by atoms with E-state index < -0.39 is 12.1 Å². The zero-order valence-electron chi connectivity index (χ0n) is 15.9. The first-order valence-corrected chi connectivity index (χ1v) is 9.14. The maximum atomic E-state index is 12.4. The van der Waals surface area contributed by atoms with E-state index in [1.807, 2.05) is 25.1 Å². The third kappa shape index (κ3) is 6.00. The first-order chi connectivity index (χ1) is 12.8. The van der Waals surface area contributed by atoms with Crippen LogP contribution in [0.4, 0.5) is 5.69 Å². The van der Waals surface area contributed by atoms with E-state index in [4.69, 9.17) is 21.1 Å². The molecule has 0 heterocycles. The second-order valence-corrected chi connectivity index (χ2v) is 6.99. The molecular formula is C21H24ClNO4. The van der Waals surface area contributed by atoms with Gasteiger partial charge in [0, 0.05) is 10.7 Å². The maximum absolute atomic E-state index is 12.4. The fourth-order valence-electron chi connectivity index (χ4n) is 2.52. The highest BCUT2D eigenvalue weighted by Gasteiger charge is 2.20. The van der Waals surface area contributed by atoms with Crippen LogP contribution in [0.3, 0.4) is 0 Å². The summed E-state index contributed by atoms with van der Waals surface area (Å²) in [6.07, 6.45) is -0.939. The van der Waals surface area contributed by atoms with Gasteiger partial charge in [0.15, 0.2) is 12.7 Å². The Kier molecular flexibility index (Phi) is 7.25. The van der Waals surface area contributed by atoms with Gasteiger partial charge in [-0.25, -0.2) is 4.79 Å². The van der Waals surface area contributed by atoms with E-state index in [2.05, 4.69) is 19.2 Å². The topological polar surface area (TPSA) is 64.6 Å². The summed E-state index contributed by atoms with van der Waals surface area (Å²) >= 11 is 5.79. The van der Waals surface area contributed by atoms with E-state index in [-0.39, 0.29) is 18.4 Å². The Labute approximate surface area is 164 Å². The molecule has 2 rings (SSSR count). The summed E-state index contributed by atoms with van der Waals surface area (Å²) in [7, 11) is 0. The molecule has 1 atom stereocenters. The monoisotopic (exact) mass is 389 g/mol. The number of benzene rings is 2. The van der Waals surface area contributed by atoms with Crippen molar-refractivity contribution in [3.63, 3.8) is 0 Å². The minimum absolute atomic E-state index is 0.255. The second-order valence-electron chi connectivity index (χ2n) is 6.56. The summed E-state index contributed by atoms with van der Waals surface area (Å²) in [6, 6.07) is 12.5. The van der Waals surface area contributed by atoms with Crippen LogP contribution in [0.1, 0.15) is 37.8 Å². The lowest BCUT2D eigenvalue weighted by atomic mass is 9.98. The number of aryl methyl sites for hydroxylation is 1. The van der Waals surface area contributed by atoms with Gasteiger partial charge in [-0.2, -0.15) is 0 Å². The third-order valence-corrected chi connectivity index (χ3v) is 4.27. The van der Waals surface area contributed by atoms with Crippen LogP contribution in [0.15, 0.2) is 42.5 Å². The number of para-hydroxylation sites is 1. The maximum Gasteiger partial charge on any atom is 0.344 e. The molecular weight excluding hydrogens is 366 g/mol. The molecule has 5 nitrogen and oxygen atoms in total. The number of esters is 1. The molecule has 2 aromatic rings. The van der Waals surface area contributed by atoms with Crippen LogP contribution in [0.2, 0.25) is 5.02 Å². The number of ether oxygens (including phenoxy) is 2. The molecule has 0 saturated heterocycles. The van der Waals surface area contributed by atoms with Crippen LogP contribution in [-0.4, -0.2) is 24.6 Å². The van der Waals surface area contributed by atoms with Crippen molar-refractivity contribution in [1.29, 1.82) is 0 Å². The molecule has 1 N–H and O–H groups in total. The number of rotatable bonds is 7. The third-order valence-electron chi connectivity index (χ3n) is 4.02. The van der Waals surface area contributed by atoms with E-state index in [1.54, 1.807) is 24.3 Å². The van der Waals surface area contributed by atoms with Crippen LogP contribution in [0, 0.1) is 6.92 Å². The van der Waals surface area contributed by atoms with Gasteiger partial charge < -0.3 is 14.8 Å². The van der Waals surface area contributed by atoms with Crippen LogP contribution >= 0.6 is 11.6 Å². The molecule has 27 heavy (non-hydrogen) atoms. The first-order valence-electron chi connectivity index (χ1n) is 8.76. The minimum Gasteiger partial charge on any atom is -0.482 e.